The van der Waals surface area contributed by atoms with Crippen molar-refractivity contribution in [3.05, 3.63) is 30.2 Å². The van der Waals surface area contributed by atoms with E-state index in [0.717, 1.165) is 17.1 Å². The predicted molar refractivity (Wildman–Crippen MR) is 113 cm³/mol. The Labute approximate surface area is 183 Å². The van der Waals surface area contributed by atoms with E-state index in [4.69, 9.17) is 9.26 Å². The smallest absolute Gasteiger partial charge is 0.270 e. The van der Waals surface area contributed by atoms with Crippen LogP contribution >= 0.6 is 11.3 Å². The highest BCUT2D eigenvalue weighted by atomic mass is 32.2. The van der Waals surface area contributed by atoms with Crippen molar-refractivity contribution >= 4 is 32.4 Å². The van der Waals surface area contributed by atoms with Gasteiger partial charge in [-0.25, -0.2) is 8.42 Å². The summed E-state index contributed by atoms with van der Waals surface area (Å²) >= 11 is 0.744. The lowest BCUT2D eigenvalue weighted by molar-refractivity contribution is -0.123. The number of nitrogens with zero attached hydrogens (tertiary/aromatic N) is 4. The minimum Gasteiger partial charge on any atom is -0.494 e. The van der Waals surface area contributed by atoms with Gasteiger partial charge < -0.3 is 14.6 Å². The molecule has 31 heavy (non-hydrogen) atoms. The molecule has 0 unspecified atom stereocenters. The quantitative estimate of drug-likeness (QED) is 0.477. The van der Waals surface area contributed by atoms with Gasteiger partial charge in [-0.05, 0) is 31.2 Å². The molecule has 0 saturated heterocycles. The van der Waals surface area contributed by atoms with E-state index in [-0.39, 0.29) is 27.8 Å². The maximum absolute atomic E-state index is 12.5. The Balaban J connectivity index is 1.63. The van der Waals surface area contributed by atoms with Crippen molar-refractivity contribution in [1.82, 2.24) is 25.1 Å². The van der Waals surface area contributed by atoms with Crippen LogP contribution in [-0.4, -0.2) is 41.3 Å². The van der Waals surface area contributed by atoms with E-state index in [1.165, 1.54) is 0 Å². The first-order valence-electron chi connectivity index (χ1n) is 9.29. The number of hydrogen-bond donors (Lipinski definition) is 2. The molecule has 0 fully saturated rings. The zero-order valence-electron chi connectivity index (χ0n) is 17.4. The number of amides is 1. The lowest BCUT2D eigenvalue weighted by atomic mass is 9.96. The molecular formula is C18H22N6O5S2. The average Bonchev–Trinajstić information content (AvgIpc) is 3.37. The summed E-state index contributed by atoms with van der Waals surface area (Å²) in [5, 5.41) is 13.8. The lowest BCUT2D eigenvalue weighted by Crippen LogP contribution is -2.27. The molecule has 3 aromatic rings. The van der Waals surface area contributed by atoms with Crippen molar-refractivity contribution < 1.29 is 22.5 Å². The highest BCUT2D eigenvalue weighted by Gasteiger charge is 2.25. The molecule has 0 radical (unpaired) electrons. The minimum atomic E-state index is -3.98. The number of carbonyl (C=O) groups excluding carboxylic acids is 1. The first-order chi connectivity index (χ1) is 14.6. The van der Waals surface area contributed by atoms with Crippen molar-refractivity contribution in [2.75, 3.05) is 11.9 Å². The van der Waals surface area contributed by atoms with Crippen LogP contribution in [0.25, 0.3) is 11.4 Å². The summed E-state index contributed by atoms with van der Waals surface area (Å²) in [6.07, 6.45) is 0. The van der Waals surface area contributed by atoms with Crippen LogP contribution < -0.4 is 14.8 Å². The van der Waals surface area contributed by atoms with Gasteiger partial charge in [-0.3, -0.25) is 4.79 Å². The van der Waals surface area contributed by atoms with Crippen molar-refractivity contribution in [1.29, 1.82) is 0 Å². The number of sulfonamides is 1. The number of aromatic nitrogens is 4. The molecule has 0 aliphatic rings. The summed E-state index contributed by atoms with van der Waals surface area (Å²) in [6, 6.07) is 7.11. The van der Waals surface area contributed by atoms with Crippen LogP contribution in [0, 0.1) is 5.41 Å². The molecule has 2 heterocycles. The third-order valence-corrected chi connectivity index (χ3v) is 6.45. The summed E-state index contributed by atoms with van der Waals surface area (Å²) in [5.74, 6) is 0.824. The second-order valence-electron chi connectivity index (χ2n) is 7.37. The van der Waals surface area contributed by atoms with Crippen LogP contribution in [0.3, 0.4) is 0 Å². The summed E-state index contributed by atoms with van der Waals surface area (Å²) in [4.78, 5) is 16.2. The normalized spacial score (nSPS) is 12.0. The molecule has 3 rings (SSSR count). The Kier molecular flexibility index (Phi) is 6.67. The van der Waals surface area contributed by atoms with Crippen LogP contribution in [0.5, 0.6) is 5.75 Å². The third kappa shape index (κ3) is 5.83. The van der Waals surface area contributed by atoms with Gasteiger partial charge in [0.15, 0.2) is 0 Å². The topological polar surface area (TPSA) is 149 Å². The molecule has 0 atom stereocenters. The van der Waals surface area contributed by atoms with E-state index >= 15 is 0 Å². The fourth-order valence-electron chi connectivity index (χ4n) is 2.18. The predicted octanol–water partition coefficient (Wildman–Crippen LogP) is 2.45. The maximum Gasteiger partial charge on any atom is 0.270 e. The van der Waals surface area contributed by atoms with Gasteiger partial charge in [-0.15, -0.1) is 10.2 Å². The van der Waals surface area contributed by atoms with Gasteiger partial charge in [-0.1, -0.05) is 37.3 Å². The molecule has 11 nitrogen and oxygen atoms in total. The summed E-state index contributed by atoms with van der Waals surface area (Å²) in [6.45, 7) is 7.42. The van der Waals surface area contributed by atoms with Gasteiger partial charge in [0.2, 0.25) is 27.1 Å². The number of ether oxygens (including phenoxy) is 1. The van der Waals surface area contributed by atoms with Crippen LogP contribution in [0.1, 0.15) is 33.6 Å². The molecule has 0 bridgehead atoms. The minimum absolute atomic E-state index is 0.0817. The first-order valence-corrected chi connectivity index (χ1v) is 11.6. The number of benzene rings is 1. The Hall–Kier alpha value is -2.90. The third-order valence-electron chi connectivity index (χ3n) is 3.84. The van der Waals surface area contributed by atoms with E-state index in [9.17, 15) is 13.2 Å². The SMILES string of the molecule is CCOc1ccc(-c2noc(CNS(=O)(=O)c3nnc(NC(=O)C(C)(C)C)s3)n2)cc1. The fraction of sp³-hybridized carbons (Fsp3) is 0.389. The van der Waals surface area contributed by atoms with Gasteiger partial charge in [0, 0.05) is 11.0 Å². The van der Waals surface area contributed by atoms with Crippen molar-refractivity contribution in [3.63, 3.8) is 0 Å². The molecule has 13 heteroatoms. The van der Waals surface area contributed by atoms with Gasteiger partial charge in [-0.2, -0.15) is 9.71 Å². The van der Waals surface area contributed by atoms with E-state index in [1.54, 1.807) is 45.0 Å². The zero-order chi connectivity index (χ0) is 22.6. The number of nitrogens with one attached hydrogen (secondary N) is 2. The second-order valence-corrected chi connectivity index (χ2v) is 10.3. The lowest BCUT2D eigenvalue weighted by Gasteiger charge is -2.15. The van der Waals surface area contributed by atoms with E-state index in [0.29, 0.717) is 18.0 Å². The van der Waals surface area contributed by atoms with Gasteiger partial charge in [0.25, 0.3) is 10.0 Å². The largest absolute Gasteiger partial charge is 0.494 e. The fourth-order valence-corrected chi connectivity index (χ4v) is 4.09. The molecule has 2 N–H and O–H groups in total. The molecule has 2 aromatic heterocycles. The Bertz CT molecular complexity index is 1150. The maximum atomic E-state index is 12.5. The second kappa shape index (κ2) is 9.08. The first kappa shape index (κ1) is 22.8. The van der Waals surface area contributed by atoms with Crippen LogP contribution in [0.15, 0.2) is 33.1 Å². The average molecular weight is 467 g/mol. The Morgan fingerprint density at radius 3 is 2.55 bits per heavy atom. The van der Waals surface area contributed by atoms with Crippen molar-refractivity contribution in [3.8, 4) is 17.1 Å². The number of anilines is 1. The van der Waals surface area contributed by atoms with Crippen molar-refractivity contribution in [2.45, 2.75) is 38.6 Å². The standard InChI is InChI=1S/C18H22N6O5S2/c1-5-28-12-8-6-11(7-9-12)14-20-13(29-24-14)10-19-31(26,27)17-23-22-16(30-17)21-15(25)18(2,3)4/h6-9,19H,5,10H2,1-4H3,(H,21,22,25). The molecule has 0 saturated carbocycles. The highest BCUT2D eigenvalue weighted by molar-refractivity contribution is 7.91. The van der Waals surface area contributed by atoms with Gasteiger partial charge in [0.05, 0.1) is 13.2 Å². The number of carbonyl (C=O) groups is 1. The van der Waals surface area contributed by atoms with Gasteiger partial charge in [0.1, 0.15) is 5.75 Å². The molecular weight excluding hydrogens is 444 g/mol. The van der Waals surface area contributed by atoms with Crippen LogP contribution in [0.4, 0.5) is 5.13 Å². The summed E-state index contributed by atoms with van der Waals surface area (Å²) < 4.78 is 37.5. The Morgan fingerprint density at radius 2 is 1.90 bits per heavy atom. The molecule has 0 aliphatic carbocycles. The van der Waals surface area contributed by atoms with Crippen LogP contribution in [-0.2, 0) is 21.4 Å². The summed E-state index contributed by atoms with van der Waals surface area (Å²) in [5.41, 5.74) is 0.0479. The Morgan fingerprint density at radius 1 is 1.19 bits per heavy atom. The van der Waals surface area contributed by atoms with Crippen LogP contribution in [0.2, 0.25) is 0 Å². The van der Waals surface area contributed by atoms with E-state index in [2.05, 4.69) is 30.4 Å². The molecule has 166 valence electrons. The van der Waals surface area contributed by atoms with E-state index < -0.39 is 15.4 Å². The number of rotatable bonds is 8. The van der Waals surface area contributed by atoms with E-state index in [1.807, 2.05) is 6.92 Å². The van der Waals surface area contributed by atoms with Gasteiger partial charge >= 0.3 is 0 Å². The molecule has 0 spiro atoms. The molecule has 0 aliphatic heterocycles. The molecule has 1 amide bonds. The highest BCUT2D eigenvalue weighted by Crippen LogP contribution is 2.23. The molecule has 1 aromatic carbocycles. The monoisotopic (exact) mass is 466 g/mol. The van der Waals surface area contributed by atoms with Crippen molar-refractivity contribution in [2.24, 2.45) is 5.41 Å². The summed E-state index contributed by atoms with van der Waals surface area (Å²) in [7, 11) is -3.98. The zero-order valence-corrected chi connectivity index (χ0v) is 19.0. The number of hydrogen-bond acceptors (Lipinski definition) is 10.